The minimum atomic E-state index is -0.412. The van der Waals surface area contributed by atoms with Gasteiger partial charge in [0.2, 0.25) is 0 Å². The van der Waals surface area contributed by atoms with Gasteiger partial charge in [-0.25, -0.2) is 0 Å². The smallest absolute Gasteiger partial charge is 0.294 e. The lowest BCUT2D eigenvalue weighted by molar-refractivity contribution is -0.416. The summed E-state index contributed by atoms with van der Waals surface area (Å²) in [4.78, 5) is 21.4. The molecule has 0 bridgehead atoms. The summed E-state index contributed by atoms with van der Waals surface area (Å²) in [5, 5.41) is 0. The third-order valence-electron chi connectivity index (χ3n) is 2.52. The normalized spacial score (nSPS) is 13.8. The topological polar surface area (TPSA) is 36.9 Å². The van der Waals surface area contributed by atoms with Gasteiger partial charge in [-0.3, -0.25) is 9.78 Å². The predicted molar refractivity (Wildman–Crippen MR) is 80.6 cm³/mol. The van der Waals surface area contributed by atoms with E-state index in [1.54, 1.807) is 0 Å². The minimum Gasteiger partial charge on any atom is -0.294 e. The molecule has 0 radical (unpaired) electrons. The molecule has 20 heavy (non-hydrogen) atoms. The summed E-state index contributed by atoms with van der Waals surface area (Å²) in [6, 6.07) is 0. The Kier molecular flexibility index (Phi) is 7.60. The van der Waals surface area contributed by atoms with E-state index in [-0.39, 0.29) is 0 Å². The van der Waals surface area contributed by atoms with E-state index in [9.17, 15) is 0 Å². The molecular formula is C16H32O4. The van der Waals surface area contributed by atoms with Gasteiger partial charge in [-0.05, 0) is 60.8 Å². The molecule has 120 valence electrons. The van der Waals surface area contributed by atoms with Crippen molar-refractivity contribution in [1.82, 2.24) is 0 Å². The van der Waals surface area contributed by atoms with Crippen LogP contribution in [0.1, 0.15) is 75.2 Å². The zero-order valence-corrected chi connectivity index (χ0v) is 14.6. The van der Waals surface area contributed by atoms with E-state index < -0.39 is 11.2 Å². The van der Waals surface area contributed by atoms with Crippen LogP contribution in [0.2, 0.25) is 0 Å². The second kappa shape index (κ2) is 7.89. The number of hydrogen-bond donors (Lipinski definition) is 0. The molecule has 0 N–H and O–H groups in total. The van der Waals surface area contributed by atoms with Crippen LogP contribution < -0.4 is 0 Å². The van der Waals surface area contributed by atoms with Gasteiger partial charge >= 0.3 is 5.95 Å². The molecule has 0 aliphatic rings. The first-order valence-corrected chi connectivity index (χ1v) is 7.38. The molecule has 0 aliphatic carbocycles. The molecule has 0 rings (SSSR count). The van der Waals surface area contributed by atoms with E-state index in [0.717, 1.165) is 18.4 Å². The van der Waals surface area contributed by atoms with Gasteiger partial charge in [0.1, 0.15) is 11.2 Å². The third-order valence-corrected chi connectivity index (χ3v) is 2.52. The molecule has 0 amide bonds. The lowest BCUT2D eigenvalue weighted by Gasteiger charge is -2.23. The Bertz CT molecular complexity index is 287. The molecule has 0 aliphatic heterocycles. The van der Waals surface area contributed by atoms with Gasteiger partial charge in [-0.2, -0.15) is 9.78 Å². The Morgan fingerprint density at radius 3 is 1.60 bits per heavy atom. The lowest BCUT2D eigenvalue weighted by atomic mass is 9.98. The molecule has 0 heterocycles. The highest BCUT2D eigenvalue weighted by Crippen LogP contribution is 2.24. The Hall–Kier alpha value is -0.740. The van der Waals surface area contributed by atoms with Crippen molar-refractivity contribution in [2.45, 2.75) is 86.4 Å². The van der Waals surface area contributed by atoms with Crippen LogP contribution in [0.15, 0.2) is 11.5 Å². The van der Waals surface area contributed by atoms with Gasteiger partial charge in [0.15, 0.2) is 0 Å². The quantitative estimate of drug-likeness (QED) is 0.369. The fourth-order valence-corrected chi connectivity index (χ4v) is 1.32. The lowest BCUT2D eigenvalue weighted by Crippen LogP contribution is -2.23. The van der Waals surface area contributed by atoms with Gasteiger partial charge in [0, 0.05) is 5.57 Å². The predicted octanol–water partition coefficient (Wildman–Crippen LogP) is 5.15. The minimum absolute atomic E-state index is 0.302. The van der Waals surface area contributed by atoms with Crippen molar-refractivity contribution in [3.8, 4) is 0 Å². The van der Waals surface area contributed by atoms with Crippen LogP contribution in [-0.2, 0) is 19.6 Å². The molecule has 1 unspecified atom stereocenters. The standard InChI is InChI=1S/C16H32O4/c1-10-11-12(2)13(3)14(17-19-15(4,5)6)18-20-16(7,8)9/h12H,10-11H2,1-9H3. The number of rotatable bonds is 7. The van der Waals surface area contributed by atoms with Crippen LogP contribution in [0.4, 0.5) is 0 Å². The summed E-state index contributed by atoms with van der Waals surface area (Å²) in [6.07, 6.45) is 2.17. The molecule has 0 aromatic heterocycles. The van der Waals surface area contributed by atoms with Crippen LogP contribution >= 0.6 is 0 Å². The Labute approximate surface area is 124 Å². The van der Waals surface area contributed by atoms with E-state index in [4.69, 9.17) is 19.6 Å². The van der Waals surface area contributed by atoms with Gasteiger partial charge in [0.05, 0.1) is 0 Å². The Morgan fingerprint density at radius 1 is 0.900 bits per heavy atom. The van der Waals surface area contributed by atoms with Crippen LogP contribution in [0.25, 0.3) is 0 Å². The molecule has 0 fully saturated rings. The van der Waals surface area contributed by atoms with Crippen molar-refractivity contribution in [3.63, 3.8) is 0 Å². The van der Waals surface area contributed by atoms with Gasteiger partial charge in [-0.15, -0.1) is 0 Å². The zero-order valence-electron chi connectivity index (χ0n) is 14.6. The van der Waals surface area contributed by atoms with Crippen molar-refractivity contribution >= 4 is 0 Å². The number of allylic oxidation sites excluding steroid dienone is 1. The van der Waals surface area contributed by atoms with Gasteiger partial charge in [0.25, 0.3) is 0 Å². The van der Waals surface area contributed by atoms with Crippen molar-refractivity contribution in [3.05, 3.63) is 11.5 Å². The van der Waals surface area contributed by atoms with Crippen LogP contribution in [0, 0.1) is 5.92 Å². The Balaban J connectivity index is 4.89. The van der Waals surface area contributed by atoms with E-state index in [1.165, 1.54) is 0 Å². The maximum atomic E-state index is 5.36. The molecule has 4 heteroatoms. The zero-order chi connectivity index (χ0) is 16.0. The monoisotopic (exact) mass is 288 g/mol. The van der Waals surface area contributed by atoms with Crippen molar-refractivity contribution in [1.29, 1.82) is 0 Å². The first kappa shape index (κ1) is 19.3. The molecule has 0 aromatic carbocycles. The van der Waals surface area contributed by atoms with E-state index in [1.807, 2.05) is 48.5 Å². The highest BCUT2D eigenvalue weighted by molar-refractivity contribution is 5.03. The first-order valence-electron chi connectivity index (χ1n) is 7.38. The van der Waals surface area contributed by atoms with E-state index in [2.05, 4.69) is 13.8 Å². The van der Waals surface area contributed by atoms with Crippen LogP contribution in [0.3, 0.4) is 0 Å². The summed E-state index contributed by atoms with van der Waals surface area (Å²) < 4.78 is 0. The highest BCUT2D eigenvalue weighted by Gasteiger charge is 2.22. The molecule has 4 nitrogen and oxygen atoms in total. The highest BCUT2D eigenvalue weighted by atomic mass is 17.3. The molecule has 0 saturated heterocycles. The second-order valence-electron chi connectivity index (χ2n) is 7.22. The van der Waals surface area contributed by atoms with Crippen molar-refractivity contribution in [2.24, 2.45) is 5.92 Å². The number of hydrogen-bond acceptors (Lipinski definition) is 4. The summed E-state index contributed by atoms with van der Waals surface area (Å²) in [6.45, 7) is 17.8. The molecule has 0 saturated carbocycles. The van der Waals surface area contributed by atoms with E-state index >= 15 is 0 Å². The SMILES string of the molecule is CCCC(C)C(C)=C(OOC(C)(C)C)OOC(C)(C)C. The maximum Gasteiger partial charge on any atom is 0.351 e. The fraction of sp³-hybridized carbons (Fsp3) is 0.875. The largest absolute Gasteiger partial charge is 0.351 e. The van der Waals surface area contributed by atoms with Gasteiger partial charge in [-0.1, -0.05) is 20.3 Å². The van der Waals surface area contributed by atoms with Crippen LogP contribution in [0.5, 0.6) is 0 Å². The Morgan fingerprint density at radius 2 is 1.30 bits per heavy atom. The summed E-state index contributed by atoms with van der Waals surface area (Å²) in [7, 11) is 0. The van der Waals surface area contributed by atoms with Crippen molar-refractivity contribution in [2.75, 3.05) is 0 Å². The molecular weight excluding hydrogens is 256 g/mol. The van der Waals surface area contributed by atoms with Crippen LogP contribution in [-0.4, -0.2) is 11.2 Å². The third kappa shape index (κ3) is 9.21. The average molecular weight is 288 g/mol. The summed E-state index contributed by atoms with van der Waals surface area (Å²) in [5.41, 5.74) is 0.162. The maximum absolute atomic E-state index is 5.36. The molecule has 0 aromatic rings. The molecule has 1 atom stereocenters. The van der Waals surface area contributed by atoms with E-state index in [0.29, 0.717) is 11.9 Å². The summed E-state index contributed by atoms with van der Waals surface area (Å²) in [5.74, 6) is 0.651. The second-order valence-corrected chi connectivity index (χ2v) is 7.22. The summed E-state index contributed by atoms with van der Waals surface area (Å²) >= 11 is 0. The average Bonchev–Trinajstić information content (AvgIpc) is 2.25. The first-order chi connectivity index (χ1) is 8.96. The van der Waals surface area contributed by atoms with Crippen molar-refractivity contribution < 1.29 is 19.6 Å². The van der Waals surface area contributed by atoms with Gasteiger partial charge < -0.3 is 0 Å². The molecule has 0 spiro atoms. The fourth-order valence-electron chi connectivity index (χ4n) is 1.32.